The lowest BCUT2D eigenvalue weighted by Gasteiger charge is -2.17. The summed E-state index contributed by atoms with van der Waals surface area (Å²) in [7, 11) is 0. The highest BCUT2D eigenvalue weighted by atomic mass is 19.4. The lowest BCUT2D eigenvalue weighted by molar-refractivity contribution is -0.149. The smallest absolute Gasteiger partial charge is 0.407 e. The Morgan fingerprint density at radius 3 is 2.33 bits per heavy atom. The van der Waals surface area contributed by atoms with Crippen LogP contribution in [0.2, 0.25) is 0 Å². The van der Waals surface area contributed by atoms with E-state index >= 15 is 0 Å². The molecule has 15 heavy (non-hydrogen) atoms. The molecule has 0 saturated heterocycles. The number of rotatable bonds is 1. The molecule has 0 bridgehead atoms. The molecule has 1 atom stereocenters. The molecule has 0 aromatic heterocycles. The molecule has 0 radical (unpaired) electrons. The largest absolute Gasteiger partial charge is 0.505 e. The molecular weight excluding hydrogens is 214 g/mol. The summed E-state index contributed by atoms with van der Waals surface area (Å²) in [5, 5.41) is 9.10. The minimum atomic E-state index is -4.71. The van der Waals surface area contributed by atoms with E-state index in [1.54, 1.807) is 0 Å². The van der Waals surface area contributed by atoms with E-state index < -0.39 is 29.3 Å². The van der Waals surface area contributed by atoms with E-state index in [9.17, 15) is 17.6 Å². The molecule has 0 heterocycles. The van der Waals surface area contributed by atoms with Gasteiger partial charge in [0.2, 0.25) is 0 Å². The van der Waals surface area contributed by atoms with Crippen LogP contribution < -0.4 is 5.73 Å². The van der Waals surface area contributed by atoms with Gasteiger partial charge in [0, 0.05) is 5.56 Å². The molecule has 1 aromatic rings. The third-order valence-electron chi connectivity index (χ3n) is 1.92. The van der Waals surface area contributed by atoms with Crippen LogP contribution in [0.5, 0.6) is 5.75 Å². The summed E-state index contributed by atoms with van der Waals surface area (Å²) in [6.45, 7) is 1.41. The number of aromatic hydroxyl groups is 1. The Morgan fingerprint density at radius 1 is 1.33 bits per heavy atom. The van der Waals surface area contributed by atoms with Crippen LogP contribution in [0.1, 0.15) is 17.2 Å². The fourth-order valence-electron chi connectivity index (χ4n) is 1.17. The number of phenols is 1. The highest BCUT2D eigenvalue weighted by Gasteiger charge is 2.39. The van der Waals surface area contributed by atoms with Crippen molar-refractivity contribution in [2.24, 2.45) is 5.73 Å². The third kappa shape index (κ3) is 2.38. The number of hydrogen-bond acceptors (Lipinski definition) is 2. The first-order chi connectivity index (χ1) is 6.73. The van der Waals surface area contributed by atoms with Crippen LogP contribution in [0.15, 0.2) is 12.1 Å². The zero-order valence-corrected chi connectivity index (χ0v) is 7.77. The molecular formula is C9H9F4NO. The van der Waals surface area contributed by atoms with Gasteiger partial charge in [0.05, 0.1) is 0 Å². The van der Waals surface area contributed by atoms with E-state index in [-0.39, 0.29) is 5.56 Å². The summed E-state index contributed by atoms with van der Waals surface area (Å²) in [6, 6.07) is -0.440. The highest BCUT2D eigenvalue weighted by Crippen LogP contribution is 2.36. The lowest BCUT2D eigenvalue weighted by atomic mass is 10.0. The summed E-state index contributed by atoms with van der Waals surface area (Å²) in [6.07, 6.45) is -4.71. The lowest BCUT2D eigenvalue weighted by Crippen LogP contribution is -2.28. The molecule has 84 valence electrons. The van der Waals surface area contributed by atoms with Crippen LogP contribution >= 0.6 is 0 Å². The minimum absolute atomic E-state index is 0.264. The summed E-state index contributed by atoms with van der Waals surface area (Å²) in [5.41, 5.74) is 4.47. The van der Waals surface area contributed by atoms with E-state index in [0.29, 0.717) is 0 Å². The van der Waals surface area contributed by atoms with Gasteiger partial charge in [-0.05, 0) is 18.6 Å². The Bertz CT molecular complexity index is 375. The van der Waals surface area contributed by atoms with Gasteiger partial charge in [-0.3, -0.25) is 0 Å². The first kappa shape index (κ1) is 11.8. The predicted octanol–water partition coefficient (Wildman–Crippen LogP) is 2.40. The van der Waals surface area contributed by atoms with Gasteiger partial charge < -0.3 is 10.8 Å². The highest BCUT2D eigenvalue weighted by molar-refractivity contribution is 5.39. The maximum atomic E-state index is 12.9. The van der Waals surface area contributed by atoms with Crippen LogP contribution in [0.4, 0.5) is 17.6 Å². The van der Waals surface area contributed by atoms with E-state index in [4.69, 9.17) is 10.8 Å². The maximum absolute atomic E-state index is 12.9. The van der Waals surface area contributed by atoms with Crippen molar-refractivity contribution in [2.45, 2.75) is 19.1 Å². The first-order valence-corrected chi connectivity index (χ1v) is 4.04. The Labute approximate surface area is 83.3 Å². The van der Waals surface area contributed by atoms with E-state index in [1.165, 1.54) is 6.92 Å². The second kappa shape index (κ2) is 3.69. The summed E-state index contributed by atoms with van der Waals surface area (Å²) < 4.78 is 49.6. The number of alkyl halides is 3. The van der Waals surface area contributed by atoms with Gasteiger partial charge in [-0.25, -0.2) is 4.39 Å². The topological polar surface area (TPSA) is 46.2 Å². The standard InChI is InChI=1S/C9H9F4NO/c1-4-2-5(7(15)6(10)3-4)8(14)9(11,12)13/h2-3,8,15H,14H2,1H3/t8-/m1/s1. The van der Waals surface area contributed by atoms with Crippen molar-refractivity contribution in [3.63, 3.8) is 0 Å². The van der Waals surface area contributed by atoms with E-state index in [1.807, 2.05) is 0 Å². The number of halogens is 4. The van der Waals surface area contributed by atoms with Gasteiger partial charge in [0.25, 0.3) is 0 Å². The number of phenolic OH excluding ortho intramolecular Hbond substituents is 1. The number of aryl methyl sites for hydroxylation is 1. The Kier molecular flexibility index (Phi) is 2.90. The average molecular weight is 223 g/mol. The first-order valence-electron chi connectivity index (χ1n) is 4.04. The van der Waals surface area contributed by atoms with Gasteiger partial charge in [-0.1, -0.05) is 6.07 Å². The van der Waals surface area contributed by atoms with Crippen LogP contribution in [-0.2, 0) is 0 Å². The molecule has 1 aromatic carbocycles. The van der Waals surface area contributed by atoms with Gasteiger partial charge in [0.15, 0.2) is 11.6 Å². The van der Waals surface area contributed by atoms with Crippen LogP contribution in [0.25, 0.3) is 0 Å². The molecule has 0 spiro atoms. The number of hydrogen-bond donors (Lipinski definition) is 2. The Hall–Kier alpha value is -1.30. The van der Waals surface area contributed by atoms with Crippen molar-refractivity contribution >= 4 is 0 Å². The van der Waals surface area contributed by atoms with Crippen molar-refractivity contribution in [3.8, 4) is 5.75 Å². The Balaban J connectivity index is 3.25. The minimum Gasteiger partial charge on any atom is -0.505 e. The molecule has 0 aliphatic carbocycles. The third-order valence-corrected chi connectivity index (χ3v) is 1.92. The van der Waals surface area contributed by atoms with Crippen molar-refractivity contribution in [3.05, 3.63) is 29.1 Å². The second-order valence-corrected chi connectivity index (χ2v) is 3.20. The van der Waals surface area contributed by atoms with Gasteiger partial charge in [-0.2, -0.15) is 13.2 Å². The summed E-state index contributed by atoms with van der Waals surface area (Å²) in [5.74, 6) is -2.16. The van der Waals surface area contributed by atoms with Crippen molar-refractivity contribution in [2.75, 3.05) is 0 Å². The maximum Gasteiger partial charge on any atom is 0.407 e. The molecule has 2 nitrogen and oxygen atoms in total. The molecule has 6 heteroatoms. The van der Waals surface area contributed by atoms with E-state index in [2.05, 4.69) is 0 Å². The second-order valence-electron chi connectivity index (χ2n) is 3.20. The number of nitrogens with two attached hydrogens (primary N) is 1. The molecule has 0 amide bonds. The zero-order valence-electron chi connectivity index (χ0n) is 7.77. The quantitative estimate of drug-likeness (QED) is 0.718. The van der Waals surface area contributed by atoms with Crippen molar-refractivity contribution in [1.29, 1.82) is 0 Å². The molecule has 3 N–H and O–H groups in total. The van der Waals surface area contributed by atoms with Crippen molar-refractivity contribution in [1.82, 2.24) is 0 Å². The van der Waals surface area contributed by atoms with E-state index in [0.717, 1.165) is 12.1 Å². The van der Waals surface area contributed by atoms with Crippen molar-refractivity contribution < 1.29 is 22.7 Å². The fraction of sp³-hybridized carbons (Fsp3) is 0.333. The molecule has 0 aliphatic rings. The molecule has 0 fully saturated rings. The molecule has 0 aliphatic heterocycles. The van der Waals surface area contributed by atoms with Gasteiger partial charge in [0.1, 0.15) is 6.04 Å². The van der Waals surface area contributed by atoms with Crippen LogP contribution in [0, 0.1) is 12.7 Å². The fourth-order valence-corrected chi connectivity index (χ4v) is 1.17. The number of benzene rings is 1. The normalized spacial score (nSPS) is 14.0. The molecule has 0 saturated carbocycles. The molecule has 1 rings (SSSR count). The molecule has 0 unspecified atom stereocenters. The zero-order chi connectivity index (χ0) is 11.8. The summed E-state index contributed by atoms with van der Waals surface area (Å²) in [4.78, 5) is 0. The van der Waals surface area contributed by atoms with Gasteiger partial charge in [-0.15, -0.1) is 0 Å². The average Bonchev–Trinajstić information content (AvgIpc) is 2.08. The van der Waals surface area contributed by atoms with Crippen LogP contribution in [-0.4, -0.2) is 11.3 Å². The van der Waals surface area contributed by atoms with Gasteiger partial charge >= 0.3 is 6.18 Å². The Morgan fingerprint density at radius 2 is 1.87 bits per heavy atom. The van der Waals surface area contributed by atoms with Crippen LogP contribution in [0.3, 0.4) is 0 Å². The monoisotopic (exact) mass is 223 g/mol. The predicted molar refractivity (Wildman–Crippen MR) is 45.8 cm³/mol. The summed E-state index contributed by atoms with van der Waals surface area (Å²) >= 11 is 0. The SMILES string of the molecule is Cc1cc(F)c(O)c([C@@H](N)C(F)(F)F)c1.